The summed E-state index contributed by atoms with van der Waals surface area (Å²) in [6, 6.07) is 11.3. The van der Waals surface area contributed by atoms with Gasteiger partial charge < -0.3 is 9.30 Å². The lowest BCUT2D eigenvalue weighted by Gasteiger charge is -2.22. The van der Waals surface area contributed by atoms with Gasteiger partial charge in [0.2, 0.25) is 5.78 Å². The van der Waals surface area contributed by atoms with Crippen LogP contribution < -0.4 is 0 Å². The van der Waals surface area contributed by atoms with Gasteiger partial charge in [0.05, 0.1) is 5.41 Å². The van der Waals surface area contributed by atoms with E-state index in [-0.39, 0.29) is 12.4 Å². The summed E-state index contributed by atoms with van der Waals surface area (Å²) in [5, 5.41) is 0. The summed E-state index contributed by atoms with van der Waals surface area (Å²) < 4.78 is 7.23. The largest absolute Gasteiger partial charge is 0.457 e. The van der Waals surface area contributed by atoms with Gasteiger partial charge in [-0.3, -0.25) is 9.59 Å². The normalized spacial score (nSPS) is 11.3. The molecule has 4 nitrogen and oxygen atoms in total. The molecule has 0 saturated heterocycles. The highest BCUT2D eigenvalue weighted by molar-refractivity contribution is 5.99. The number of carbonyl (C=O) groups excluding carboxylic acids is 2. The number of Topliss-reactive ketones (excluding diaryl/α,β-unsaturated/α-hetero) is 1. The second kappa shape index (κ2) is 6.41. The molecule has 2 rings (SSSR count). The lowest BCUT2D eigenvalue weighted by Crippen LogP contribution is -2.32. The van der Waals surface area contributed by atoms with E-state index >= 15 is 0 Å². The fraction of sp³-hybridized carbons (Fsp3) is 0.368. The van der Waals surface area contributed by atoms with Crippen LogP contribution in [0.25, 0.3) is 0 Å². The minimum atomic E-state index is -0.789. The summed E-state index contributed by atoms with van der Waals surface area (Å²) in [7, 11) is 1.91. The molecule has 0 bridgehead atoms. The second-order valence-corrected chi connectivity index (χ2v) is 6.33. The summed E-state index contributed by atoms with van der Waals surface area (Å²) in [5.41, 5.74) is 2.57. The Balaban J connectivity index is 2.07. The number of rotatable bonds is 5. The Bertz CT molecular complexity index is 727. The maximum Gasteiger partial charge on any atom is 0.316 e. The zero-order valence-electron chi connectivity index (χ0n) is 14.3. The molecule has 23 heavy (non-hydrogen) atoms. The topological polar surface area (TPSA) is 48.3 Å². The van der Waals surface area contributed by atoms with Crippen LogP contribution in [0, 0.1) is 13.8 Å². The molecule has 1 heterocycles. The van der Waals surface area contributed by atoms with Crippen LogP contribution in [0.1, 0.15) is 41.2 Å². The molecule has 2 aromatic rings. The molecule has 0 aliphatic carbocycles. The van der Waals surface area contributed by atoms with Crippen molar-refractivity contribution in [3.63, 3.8) is 0 Å². The molecule has 0 spiro atoms. The average molecular weight is 313 g/mol. The van der Waals surface area contributed by atoms with Crippen molar-refractivity contribution in [1.82, 2.24) is 4.57 Å². The van der Waals surface area contributed by atoms with Crippen molar-refractivity contribution in [2.24, 2.45) is 7.05 Å². The lowest BCUT2D eigenvalue weighted by molar-refractivity contribution is -0.148. The van der Waals surface area contributed by atoms with Crippen LogP contribution in [0.2, 0.25) is 0 Å². The van der Waals surface area contributed by atoms with E-state index < -0.39 is 11.4 Å². The minimum Gasteiger partial charge on any atom is -0.457 e. The minimum absolute atomic E-state index is 0.177. The Morgan fingerprint density at radius 3 is 2.26 bits per heavy atom. The molecule has 1 aromatic heterocycles. The van der Waals surface area contributed by atoms with Crippen LogP contribution in [0.15, 0.2) is 36.4 Å². The van der Waals surface area contributed by atoms with Crippen molar-refractivity contribution >= 4 is 11.8 Å². The maximum atomic E-state index is 12.4. The molecule has 0 aliphatic heterocycles. The number of ether oxygens (including phenoxy) is 1. The number of hydrogen-bond acceptors (Lipinski definition) is 3. The third-order valence-electron chi connectivity index (χ3n) is 4.42. The van der Waals surface area contributed by atoms with Crippen molar-refractivity contribution in [2.75, 3.05) is 6.61 Å². The molecular formula is C19H23NO3. The van der Waals surface area contributed by atoms with Gasteiger partial charge >= 0.3 is 5.97 Å². The number of hydrogen-bond donors (Lipinski definition) is 0. The van der Waals surface area contributed by atoms with Gasteiger partial charge in [0.15, 0.2) is 6.61 Å². The zero-order chi connectivity index (χ0) is 17.2. The van der Waals surface area contributed by atoms with Crippen LogP contribution in [0.4, 0.5) is 0 Å². The van der Waals surface area contributed by atoms with Crippen LogP contribution in [-0.2, 0) is 22.0 Å². The fourth-order valence-electron chi connectivity index (χ4n) is 2.50. The molecule has 0 fully saturated rings. The number of esters is 1. The van der Waals surface area contributed by atoms with Crippen molar-refractivity contribution in [3.05, 3.63) is 58.9 Å². The maximum absolute atomic E-state index is 12.4. The molecule has 0 amide bonds. The summed E-state index contributed by atoms with van der Waals surface area (Å²) >= 11 is 0. The number of carbonyl (C=O) groups is 2. The Kier molecular flexibility index (Phi) is 4.73. The molecule has 0 aliphatic rings. The molecule has 4 heteroatoms. The van der Waals surface area contributed by atoms with E-state index in [9.17, 15) is 9.59 Å². The van der Waals surface area contributed by atoms with Crippen LogP contribution in [0.3, 0.4) is 0 Å². The van der Waals surface area contributed by atoms with Gasteiger partial charge in [-0.15, -0.1) is 0 Å². The van der Waals surface area contributed by atoms with Crippen molar-refractivity contribution in [3.8, 4) is 0 Å². The van der Waals surface area contributed by atoms with E-state index in [2.05, 4.69) is 0 Å². The quantitative estimate of drug-likeness (QED) is 0.628. The number of aromatic nitrogens is 1. The second-order valence-electron chi connectivity index (χ2n) is 6.33. The third-order valence-corrected chi connectivity index (χ3v) is 4.42. The summed E-state index contributed by atoms with van der Waals surface area (Å²) in [6.45, 7) is 7.18. The monoisotopic (exact) mass is 313 g/mol. The predicted molar refractivity (Wildman–Crippen MR) is 89.6 cm³/mol. The average Bonchev–Trinajstić information content (AvgIpc) is 2.80. The molecule has 1 aromatic carbocycles. The van der Waals surface area contributed by atoms with Gasteiger partial charge in [-0.1, -0.05) is 30.3 Å². The highest BCUT2D eigenvalue weighted by atomic mass is 16.5. The van der Waals surface area contributed by atoms with Crippen LogP contribution in [0.5, 0.6) is 0 Å². The first-order chi connectivity index (χ1) is 10.7. The Hall–Kier alpha value is -2.36. The van der Waals surface area contributed by atoms with Crippen molar-refractivity contribution < 1.29 is 14.3 Å². The summed E-state index contributed by atoms with van der Waals surface area (Å²) in [4.78, 5) is 24.7. The molecule has 122 valence electrons. The highest BCUT2D eigenvalue weighted by Crippen LogP contribution is 2.24. The number of benzene rings is 1. The number of nitrogens with zero attached hydrogens (tertiary/aromatic N) is 1. The van der Waals surface area contributed by atoms with E-state index in [0.29, 0.717) is 5.56 Å². The number of aryl methyl sites for hydroxylation is 1. The molecule has 0 unspecified atom stereocenters. The van der Waals surface area contributed by atoms with Gasteiger partial charge in [-0.25, -0.2) is 0 Å². The van der Waals surface area contributed by atoms with Crippen LogP contribution in [-0.4, -0.2) is 22.9 Å². The third kappa shape index (κ3) is 3.36. The smallest absolute Gasteiger partial charge is 0.316 e. The highest BCUT2D eigenvalue weighted by Gasteiger charge is 2.32. The Labute approximate surface area is 137 Å². The van der Waals surface area contributed by atoms with Gasteiger partial charge in [-0.2, -0.15) is 0 Å². The lowest BCUT2D eigenvalue weighted by atomic mass is 9.85. The van der Waals surface area contributed by atoms with Crippen molar-refractivity contribution in [1.29, 1.82) is 0 Å². The Morgan fingerprint density at radius 1 is 1.13 bits per heavy atom. The molecule has 0 atom stereocenters. The Morgan fingerprint density at radius 2 is 1.74 bits per heavy atom. The summed E-state index contributed by atoms with van der Waals surface area (Å²) in [5.74, 6) is -0.578. The molecule has 0 saturated carbocycles. The molecule has 0 radical (unpaired) electrons. The summed E-state index contributed by atoms with van der Waals surface area (Å²) in [6.07, 6.45) is 0. The fourth-order valence-corrected chi connectivity index (χ4v) is 2.50. The zero-order valence-corrected chi connectivity index (χ0v) is 14.3. The predicted octanol–water partition coefficient (Wildman–Crippen LogP) is 3.35. The SMILES string of the molecule is Cc1cc(C(=O)COC(=O)C(C)(C)c2ccccc2)c(C)n1C. The van der Waals surface area contributed by atoms with E-state index in [0.717, 1.165) is 17.0 Å². The first-order valence-corrected chi connectivity index (χ1v) is 7.64. The first-order valence-electron chi connectivity index (χ1n) is 7.64. The van der Waals surface area contributed by atoms with Gasteiger partial charge in [-0.05, 0) is 39.3 Å². The molecule has 0 N–H and O–H groups in total. The first kappa shape index (κ1) is 17.0. The van der Waals surface area contributed by atoms with E-state index in [1.54, 1.807) is 13.8 Å². The van der Waals surface area contributed by atoms with E-state index in [1.165, 1.54) is 0 Å². The van der Waals surface area contributed by atoms with Gasteiger partial charge in [0.25, 0.3) is 0 Å². The van der Waals surface area contributed by atoms with E-state index in [4.69, 9.17) is 4.74 Å². The van der Waals surface area contributed by atoms with Gasteiger partial charge in [0, 0.05) is 24.0 Å². The van der Waals surface area contributed by atoms with Gasteiger partial charge in [0.1, 0.15) is 0 Å². The van der Waals surface area contributed by atoms with Crippen LogP contribution >= 0.6 is 0 Å². The number of ketones is 1. The standard InChI is InChI=1S/C19H23NO3/c1-13-11-16(14(2)20(13)5)17(21)12-23-18(22)19(3,4)15-9-7-6-8-10-15/h6-11H,12H2,1-5H3. The van der Waals surface area contributed by atoms with Crippen molar-refractivity contribution in [2.45, 2.75) is 33.1 Å². The van der Waals surface area contributed by atoms with E-state index in [1.807, 2.05) is 61.9 Å². The molecular weight excluding hydrogens is 290 g/mol.